The van der Waals surface area contributed by atoms with Gasteiger partial charge in [0.15, 0.2) is 5.78 Å². The van der Waals surface area contributed by atoms with Crippen molar-refractivity contribution in [2.45, 2.75) is 38.1 Å². The minimum Gasteiger partial charge on any atom is -0.346 e. The second-order valence-corrected chi connectivity index (χ2v) is 9.35. The summed E-state index contributed by atoms with van der Waals surface area (Å²) >= 11 is 0. The number of H-pyrrole nitrogens is 1. The van der Waals surface area contributed by atoms with Crippen LogP contribution in [0.3, 0.4) is 0 Å². The first kappa shape index (κ1) is 21.3. The Morgan fingerprint density at radius 1 is 1.00 bits per heavy atom. The number of aromatic nitrogens is 4. The number of benzene rings is 2. The highest BCUT2D eigenvalue weighted by Gasteiger charge is 2.27. The quantitative estimate of drug-likeness (QED) is 0.306. The van der Waals surface area contributed by atoms with E-state index in [1.165, 1.54) is 0 Å². The van der Waals surface area contributed by atoms with Gasteiger partial charge in [-0.25, -0.2) is 9.97 Å². The maximum absolute atomic E-state index is 12.9. The number of rotatable bonds is 5. The number of imidazole rings is 1. The fraction of sp³-hybridized carbons (Fsp3) is 0.241. The van der Waals surface area contributed by atoms with E-state index in [9.17, 15) is 4.79 Å². The van der Waals surface area contributed by atoms with E-state index in [1.54, 1.807) is 0 Å². The molecule has 3 heterocycles. The zero-order valence-electron chi connectivity index (χ0n) is 19.3. The van der Waals surface area contributed by atoms with Gasteiger partial charge in [0.25, 0.3) is 0 Å². The summed E-state index contributed by atoms with van der Waals surface area (Å²) in [6.45, 7) is 0. The van der Waals surface area contributed by atoms with Crippen LogP contribution in [0.2, 0.25) is 0 Å². The lowest BCUT2D eigenvalue weighted by atomic mass is 9.84. The Hall–Kier alpha value is -4.24. The van der Waals surface area contributed by atoms with E-state index in [-0.39, 0.29) is 5.78 Å². The van der Waals surface area contributed by atoms with Crippen LogP contribution in [-0.4, -0.2) is 25.3 Å². The highest BCUT2D eigenvalue weighted by molar-refractivity contribution is 6.09. The van der Waals surface area contributed by atoms with E-state index in [4.69, 9.17) is 10.2 Å². The van der Waals surface area contributed by atoms with E-state index in [0.29, 0.717) is 29.5 Å². The summed E-state index contributed by atoms with van der Waals surface area (Å²) in [5.41, 5.74) is 5.15. The van der Waals surface area contributed by atoms with Crippen LogP contribution in [0, 0.1) is 17.2 Å². The van der Waals surface area contributed by atoms with Crippen LogP contribution >= 0.6 is 0 Å². The van der Waals surface area contributed by atoms with Gasteiger partial charge in [0.1, 0.15) is 17.0 Å². The van der Waals surface area contributed by atoms with Gasteiger partial charge in [0.05, 0.1) is 17.8 Å². The Bertz CT molecular complexity index is 1550. The lowest BCUT2D eigenvalue weighted by molar-refractivity contribution is 0.103. The van der Waals surface area contributed by atoms with Gasteiger partial charge < -0.3 is 9.55 Å². The smallest absolute Gasteiger partial charge is 0.193 e. The van der Waals surface area contributed by atoms with Crippen LogP contribution in [0.5, 0.6) is 0 Å². The molecule has 6 heteroatoms. The minimum absolute atomic E-state index is 0.0136. The predicted octanol–water partition coefficient (Wildman–Crippen LogP) is 6.46. The summed E-state index contributed by atoms with van der Waals surface area (Å²) in [5, 5.41) is 10.2. The third-order valence-corrected chi connectivity index (χ3v) is 7.24. The predicted molar refractivity (Wildman–Crippen MR) is 136 cm³/mol. The molecule has 0 radical (unpaired) electrons. The van der Waals surface area contributed by atoms with Gasteiger partial charge in [0, 0.05) is 40.7 Å². The molecule has 1 saturated carbocycles. The first-order valence-electron chi connectivity index (χ1n) is 12.1. The summed E-state index contributed by atoms with van der Waals surface area (Å²) in [6.07, 6.45) is 8.51. The molecule has 1 N–H and O–H groups in total. The maximum atomic E-state index is 12.9. The van der Waals surface area contributed by atoms with Crippen molar-refractivity contribution in [3.63, 3.8) is 0 Å². The molecule has 172 valence electrons. The SMILES string of the molecule is N#CC[C@H]1CC[C@H](n2c(-c3ccc(C(=O)c4ccccc4)cc3)nc3cnc4[nH]ccc4c32)CC1. The first-order chi connectivity index (χ1) is 17.2. The molecular weight excluding hydrogens is 434 g/mol. The van der Waals surface area contributed by atoms with E-state index in [0.717, 1.165) is 59.1 Å². The molecule has 1 fully saturated rings. The number of carbonyl (C=O) groups is 1. The minimum atomic E-state index is 0.0136. The molecule has 0 spiro atoms. The molecule has 35 heavy (non-hydrogen) atoms. The molecule has 0 unspecified atom stereocenters. The Kier molecular flexibility index (Phi) is 5.38. The number of fused-ring (bicyclic) bond motifs is 3. The average Bonchev–Trinajstić information content (AvgIpc) is 3.54. The van der Waals surface area contributed by atoms with E-state index >= 15 is 0 Å². The van der Waals surface area contributed by atoms with Crippen molar-refractivity contribution in [2.24, 2.45) is 5.92 Å². The second kappa shape index (κ2) is 8.84. The van der Waals surface area contributed by atoms with E-state index < -0.39 is 0 Å². The fourth-order valence-corrected chi connectivity index (χ4v) is 5.41. The first-order valence-corrected chi connectivity index (χ1v) is 12.1. The van der Waals surface area contributed by atoms with Crippen molar-refractivity contribution in [3.05, 3.63) is 84.2 Å². The van der Waals surface area contributed by atoms with Gasteiger partial charge in [-0.2, -0.15) is 5.26 Å². The zero-order chi connectivity index (χ0) is 23.8. The number of aromatic amines is 1. The molecule has 1 aliphatic carbocycles. The number of nitriles is 1. The molecule has 3 aromatic heterocycles. The van der Waals surface area contributed by atoms with Crippen LogP contribution in [0.15, 0.2) is 73.1 Å². The molecule has 0 amide bonds. The third-order valence-electron chi connectivity index (χ3n) is 7.24. The average molecular weight is 460 g/mol. The zero-order valence-corrected chi connectivity index (χ0v) is 19.3. The standard InChI is InChI=1S/C29H25N5O/c30-16-14-19-6-12-23(13-7-19)34-26-24-15-17-31-28(24)32-18-25(26)33-29(34)22-10-8-21(9-11-22)27(35)20-4-2-1-3-5-20/h1-5,8-11,15,17-19,23H,6-7,12-14H2,(H,31,32)/t19-,23-. The molecule has 0 saturated heterocycles. The van der Waals surface area contributed by atoms with Gasteiger partial charge >= 0.3 is 0 Å². The number of ketones is 1. The summed E-state index contributed by atoms with van der Waals surface area (Å²) in [5.74, 6) is 1.39. The largest absolute Gasteiger partial charge is 0.346 e. The number of hydrogen-bond acceptors (Lipinski definition) is 4. The molecule has 0 aliphatic heterocycles. The third kappa shape index (κ3) is 3.79. The lowest BCUT2D eigenvalue weighted by Gasteiger charge is -2.30. The van der Waals surface area contributed by atoms with Crippen molar-refractivity contribution in [2.75, 3.05) is 0 Å². The van der Waals surface area contributed by atoms with Crippen LogP contribution in [0.1, 0.15) is 54.1 Å². The topological polar surface area (TPSA) is 87.4 Å². The van der Waals surface area contributed by atoms with E-state index in [1.807, 2.05) is 67.0 Å². The van der Waals surface area contributed by atoms with Crippen molar-refractivity contribution in [1.82, 2.24) is 19.5 Å². The van der Waals surface area contributed by atoms with Crippen molar-refractivity contribution >= 4 is 27.9 Å². The number of nitrogens with zero attached hydrogens (tertiary/aromatic N) is 4. The lowest BCUT2D eigenvalue weighted by Crippen LogP contribution is -2.19. The van der Waals surface area contributed by atoms with Gasteiger partial charge in [-0.15, -0.1) is 0 Å². The Labute approximate surface area is 203 Å². The number of nitrogens with one attached hydrogen (secondary N) is 1. The number of pyridine rings is 1. The van der Waals surface area contributed by atoms with Gasteiger partial charge in [-0.1, -0.05) is 54.6 Å². The van der Waals surface area contributed by atoms with Crippen LogP contribution < -0.4 is 0 Å². The van der Waals surface area contributed by atoms with Crippen molar-refractivity contribution < 1.29 is 4.79 Å². The number of hydrogen-bond donors (Lipinski definition) is 1. The number of carbonyl (C=O) groups excluding carboxylic acids is 1. The molecule has 1 aliphatic rings. The van der Waals surface area contributed by atoms with Crippen LogP contribution in [0.25, 0.3) is 33.5 Å². The van der Waals surface area contributed by atoms with Crippen molar-refractivity contribution in [3.8, 4) is 17.5 Å². The maximum Gasteiger partial charge on any atom is 0.193 e. The van der Waals surface area contributed by atoms with Crippen LogP contribution in [-0.2, 0) is 0 Å². The second-order valence-electron chi connectivity index (χ2n) is 9.35. The van der Waals surface area contributed by atoms with Crippen molar-refractivity contribution in [1.29, 1.82) is 5.26 Å². The summed E-state index contributed by atoms with van der Waals surface area (Å²) < 4.78 is 2.38. The molecule has 6 rings (SSSR count). The summed E-state index contributed by atoms with van der Waals surface area (Å²) in [4.78, 5) is 25.7. The monoisotopic (exact) mass is 459 g/mol. The Morgan fingerprint density at radius 2 is 1.74 bits per heavy atom. The Balaban J connectivity index is 1.43. The highest BCUT2D eigenvalue weighted by atomic mass is 16.1. The highest BCUT2D eigenvalue weighted by Crippen LogP contribution is 2.40. The molecule has 2 aromatic carbocycles. The molecule has 5 aromatic rings. The molecule has 6 nitrogen and oxygen atoms in total. The fourth-order valence-electron chi connectivity index (χ4n) is 5.41. The van der Waals surface area contributed by atoms with Gasteiger partial charge in [-0.3, -0.25) is 4.79 Å². The normalized spacial score (nSPS) is 18.0. The van der Waals surface area contributed by atoms with Crippen LogP contribution in [0.4, 0.5) is 0 Å². The summed E-state index contributed by atoms with van der Waals surface area (Å²) in [7, 11) is 0. The Morgan fingerprint density at radius 3 is 2.49 bits per heavy atom. The van der Waals surface area contributed by atoms with Gasteiger partial charge in [-0.05, 0) is 37.7 Å². The molecule has 0 atom stereocenters. The summed E-state index contributed by atoms with van der Waals surface area (Å²) in [6, 6.07) is 21.8. The molecule has 0 bridgehead atoms. The van der Waals surface area contributed by atoms with E-state index in [2.05, 4.69) is 26.7 Å². The molecular formula is C29H25N5O. The van der Waals surface area contributed by atoms with Gasteiger partial charge in [0.2, 0.25) is 0 Å².